The van der Waals surface area contributed by atoms with Crippen LogP contribution in [0.25, 0.3) is 0 Å². The molecule has 1 heterocycles. The number of halogens is 1. The minimum absolute atomic E-state index is 0.0133. The third kappa shape index (κ3) is 5.95. The zero-order chi connectivity index (χ0) is 21.5. The Bertz CT molecular complexity index is 905. The van der Waals surface area contributed by atoms with Crippen LogP contribution >= 0.6 is 11.6 Å². The Balaban J connectivity index is 1.67. The summed E-state index contributed by atoms with van der Waals surface area (Å²) in [6, 6.07) is 14.5. The van der Waals surface area contributed by atoms with E-state index >= 15 is 0 Å². The molecule has 2 aromatic rings. The fourth-order valence-corrected chi connectivity index (χ4v) is 3.13. The second kappa shape index (κ2) is 10.1. The summed E-state index contributed by atoms with van der Waals surface area (Å²) >= 11 is 5.83. The number of ether oxygens (including phenoxy) is 1. The lowest BCUT2D eigenvalue weighted by Gasteiger charge is -2.25. The Morgan fingerprint density at radius 2 is 1.90 bits per heavy atom. The molecule has 0 spiro atoms. The summed E-state index contributed by atoms with van der Waals surface area (Å²) in [5.41, 5.74) is 7.61. The fraction of sp³-hybridized carbons (Fsp3) is 0.286. The van der Waals surface area contributed by atoms with E-state index in [1.807, 2.05) is 30.3 Å². The first-order valence-electron chi connectivity index (χ1n) is 9.36. The highest BCUT2D eigenvalue weighted by atomic mass is 35.5. The summed E-state index contributed by atoms with van der Waals surface area (Å²) in [6.07, 6.45) is -0.919. The standard InChI is InChI=1S/C21H22ClN3O5/c22-19-11-17(30-24-19)12-25(21(28)29-13-15-4-2-1-3-5-15)20(27)18(23)10-14-6-8-16(26)9-7-14/h1-9,17-18,26H,10-13,23H2/t17?,18-/m0/s1. The first-order valence-corrected chi connectivity index (χ1v) is 9.74. The van der Waals surface area contributed by atoms with Gasteiger partial charge in [-0.3, -0.25) is 4.79 Å². The van der Waals surface area contributed by atoms with Gasteiger partial charge >= 0.3 is 6.09 Å². The molecule has 3 rings (SSSR count). The molecular formula is C21H22ClN3O5. The highest BCUT2D eigenvalue weighted by Crippen LogP contribution is 2.17. The van der Waals surface area contributed by atoms with Crippen molar-refractivity contribution in [3.63, 3.8) is 0 Å². The first kappa shape index (κ1) is 21.6. The van der Waals surface area contributed by atoms with Crippen LogP contribution < -0.4 is 5.73 Å². The van der Waals surface area contributed by atoms with E-state index in [9.17, 15) is 14.7 Å². The van der Waals surface area contributed by atoms with Crippen LogP contribution in [0.5, 0.6) is 5.75 Å². The molecule has 1 aliphatic rings. The van der Waals surface area contributed by atoms with E-state index in [4.69, 9.17) is 26.9 Å². The van der Waals surface area contributed by atoms with Gasteiger partial charge in [0.1, 0.15) is 17.5 Å². The Kier molecular flexibility index (Phi) is 7.26. The third-order valence-corrected chi connectivity index (χ3v) is 4.71. The van der Waals surface area contributed by atoms with E-state index in [2.05, 4.69) is 5.16 Å². The average Bonchev–Trinajstić information content (AvgIpc) is 3.17. The SMILES string of the molecule is N[C@@H](Cc1ccc(O)cc1)C(=O)N(CC1CC(Cl)=NO1)C(=O)OCc1ccccc1. The van der Waals surface area contributed by atoms with Crippen LogP contribution in [0.2, 0.25) is 0 Å². The second-order valence-electron chi connectivity index (χ2n) is 6.87. The molecule has 0 fully saturated rings. The topological polar surface area (TPSA) is 114 Å². The maximum atomic E-state index is 13.0. The van der Waals surface area contributed by atoms with Crippen LogP contribution in [-0.2, 0) is 27.4 Å². The summed E-state index contributed by atoms with van der Waals surface area (Å²) in [7, 11) is 0. The number of carbonyl (C=O) groups is 2. The number of nitrogens with two attached hydrogens (primary N) is 1. The zero-order valence-corrected chi connectivity index (χ0v) is 16.9. The Morgan fingerprint density at radius 1 is 1.20 bits per heavy atom. The lowest BCUT2D eigenvalue weighted by Crippen LogP contribution is -2.50. The van der Waals surface area contributed by atoms with Crippen molar-refractivity contribution in [2.24, 2.45) is 10.9 Å². The van der Waals surface area contributed by atoms with Gasteiger partial charge in [-0.15, -0.1) is 0 Å². The van der Waals surface area contributed by atoms with Crippen LogP contribution in [0.3, 0.4) is 0 Å². The number of benzene rings is 2. The van der Waals surface area contributed by atoms with Crippen molar-refractivity contribution < 1.29 is 24.3 Å². The Morgan fingerprint density at radius 3 is 2.53 bits per heavy atom. The van der Waals surface area contributed by atoms with Crippen LogP contribution in [0.15, 0.2) is 59.8 Å². The predicted octanol–water partition coefficient (Wildman–Crippen LogP) is 2.77. The van der Waals surface area contributed by atoms with E-state index in [1.54, 1.807) is 12.1 Å². The zero-order valence-electron chi connectivity index (χ0n) is 16.1. The summed E-state index contributed by atoms with van der Waals surface area (Å²) < 4.78 is 5.32. The lowest BCUT2D eigenvalue weighted by atomic mass is 10.1. The van der Waals surface area contributed by atoms with Crippen molar-refractivity contribution in [3.05, 3.63) is 65.7 Å². The molecule has 9 heteroatoms. The van der Waals surface area contributed by atoms with Gasteiger partial charge < -0.3 is 20.4 Å². The van der Waals surface area contributed by atoms with E-state index in [-0.39, 0.29) is 36.9 Å². The molecule has 158 valence electrons. The number of phenols is 1. The van der Waals surface area contributed by atoms with Gasteiger partial charge in [0.15, 0.2) is 6.10 Å². The molecule has 0 bridgehead atoms. The van der Waals surface area contributed by atoms with Gasteiger partial charge in [0, 0.05) is 6.42 Å². The minimum atomic E-state index is -0.989. The van der Waals surface area contributed by atoms with E-state index in [1.165, 1.54) is 12.1 Å². The molecule has 2 atom stereocenters. The highest BCUT2D eigenvalue weighted by Gasteiger charge is 2.33. The predicted molar refractivity (Wildman–Crippen MR) is 111 cm³/mol. The maximum Gasteiger partial charge on any atom is 0.417 e. The average molecular weight is 432 g/mol. The number of amides is 2. The van der Waals surface area contributed by atoms with Gasteiger partial charge in [-0.2, -0.15) is 0 Å². The van der Waals surface area contributed by atoms with E-state index in [0.717, 1.165) is 16.0 Å². The Hall–Kier alpha value is -3.10. The van der Waals surface area contributed by atoms with E-state index < -0.39 is 24.1 Å². The van der Waals surface area contributed by atoms with Crippen LogP contribution in [-0.4, -0.2) is 45.9 Å². The molecule has 1 aliphatic heterocycles. The van der Waals surface area contributed by atoms with Gasteiger partial charge in [0.25, 0.3) is 0 Å². The molecular weight excluding hydrogens is 410 g/mol. The summed E-state index contributed by atoms with van der Waals surface area (Å²) in [4.78, 5) is 31.7. The van der Waals surface area contributed by atoms with Crippen molar-refractivity contribution in [2.45, 2.75) is 31.6 Å². The van der Waals surface area contributed by atoms with E-state index in [0.29, 0.717) is 0 Å². The number of oxime groups is 1. The number of phenolic OH excluding ortho intramolecular Hbond substituents is 1. The number of aromatic hydroxyl groups is 1. The van der Waals surface area contributed by atoms with Crippen molar-refractivity contribution >= 4 is 28.8 Å². The quantitative estimate of drug-likeness (QED) is 0.696. The number of hydrogen-bond donors (Lipinski definition) is 2. The third-order valence-electron chi connectivity index (χ3n) is 4.48. The monoisotopic (exact) mass is 431 g/mol. The molecule has 1 unspecified atom stereocenters. The summed E-state index contributed by atoms with van der Waals surface area (Å²) in [5, 5.41) is 13.3. The van der Waals surface area contributed by atoms with Crippen molar-refractivity contribution in [2.75, 3.05) is 6.54 Å². The molecule has 30 heavy (non-hydrogen) atoms. The number of rotatable bonds is 7. The summed E-state index contributed by atoms with van der Waals surface area (Å²) in [6.45, 7) is -0.0745. The van der Waals surface area contributed by atoms with Crippen molar-refractivity contribution in [1.29, 1.82) is 0 Å². The fourth-order valence-electron chi connectivity index (χ4n) is 2.92. The largest absolute Gasteiger partial charge is 0.508 e. The number of carbonyl (C=O) groups excluding carboxylic acids is 2. The number of nitrogens with zero attached hydrogens (tertiary/aromatic N) is 2. The lowest BCUT2D eigenvalue weighted by molar-refractivity contribution is -0.132. The summed E-state index contributed by atoms with van der Waals surface area (Å²) in [5.74, 6) is -0.493. The Labute approximate surface area is 178 Å². The van der Waals surface area contributed by atoms with Crippen molar-refractivity contribution in [3.8, 4) is 5.75 Å². The molecule has 8 nitrogen and oxygen atoms in total. The molecule has 0 radical (unpaired) electrons. The minimum Gasteiger partial charge on any atom is -0.508 e. The molecule has 3 N–H and O–H groups in total. The normalized spacial score (nSPS) is 16.3. The van der Waals surface area contributed by atoms with Gasteiger partial charge in [0.05, 0.1) is 12.6 Å². The first-order chi connectivity index (χ1) is 14.4. The number of imide groups is 1. The molecule has 0 aliphatic carbocycles. The van der Waals surface area contributed by atoms with Gasteiger partial charge in [-0.1, -0.05) is 59.2 Å². The van der Waals surface area contributed by atoms with Crippen LogP contribution in [0.4, 0.5) is 4.79 Å². The molecule has 0 saturated carbocycles. The van der Waals surface area contributed by atoms with Crippen molar-refractivity contribution in [1.82, 2.24) is 4.90 Å². The molecule has 0 aromatic heterocycles. The van der Waals surface area contributed by atoms with Gasteiger partial charge in [0.2, 0.25) is 5.91 Å². The van der Waals surface area contributed by atoms with Crippen LogP contribution in [0, 0.1) is 0 Å². The van der Waals surface area contributed by atoms with Gasteiger partial charge in [-0.25, -0.2) is 9.69 Å². The number of hydrogen-bond acceptors (Lipinski definition) is 7. The van der Waals surface area contributed by atoms with Crippen LogP contribution in [0.1, 0.15) is 17.5 Å². The maximum absolute atomic E-state index is 13.0. The molecule has 2 amide bonds. The second-order valence-corrected chi connectivity index (χ2v) is 7.30. The smallest absolute Gasteiger partial charge is 0.417 e. The van der Waals surface area contributed by atoms with Gasteiger partial charge in [-0.05, 0) is 29.7 Å². The molecule has 0 saturated heterocycles. The highest BCUT2D eigenvalue weighted by molar-refractivity contribution is 6.65. The molecule has 2 aromatic carbocycles.